The van der Waals surface area contributed by atoms with Crippen LogP contribution in [-0.4, -0.2) is 23.4 Å². The van der Waals surface area contributed by atoms with E-state index < -0.39 is 12.5 Å². The smallest absolute Gasteiger partial charge is 0.387 e. The highest BCUT2D eigenvalue weighted by molar-refractivity contribution is 7.22. The summed E-state index contributed by atoms with van der Waals surface area (Å²) in [6, 6.07) is 11.4. The Labute approximate surface area is 162 Å². The minimum absolute atomic E-state index is 0.0213. The van der Waals surface area contributed by atoms with Crippen molar-refractivity contribution in [2.24, 2.45) is 0 Å². The Bertz CT molecular complexity index is 1050. The summed E-state index contributed by atoms with van der Waals surface area (Å²) in [7, 11) is 0. The topological polar surface area (TPSA) is 80.3 Å². The number of para-hydroxylation sites is 1. The molecule has 0 spiro atoms. The molecular weight excluding hydrogens is 388 g/mol. The van der Waals surface area contributed by atoms with Crippen LogP contribution in [0, 0.1) is 0 Å². The molecule has 2 N–H and O–H groups in total. The lowest BCUT2D eigenvalue weighted by Crippen LogP contribution is -2.07. The highest BCUT2D eigenvalue weighted by atomic mass is 32.1. The first-order valence-corrected chi connectivity index (χ1v) is 8.93. The zero-order valence-electron chi connectivity index (χ0n) is 14.6. The lowest BCUT2D eigenvalue weighted by atomic mass is 10.2. The molecule has 0 saturated carbocycles. The number of thiazole rings is 1. The first kappa shape index (κ1) is 19.4. The number of nitrogens with one attached hydrogen (secondary N) is 2. The van der Waals surface area contributed by atoms with Gasteiger partial charge in [0.25, 0.3) is 0 Å². The zero-order chi connectivity index (χ0) is 20.1. The average molecular weight is 403 g/mol. The van der Waals surface area contributed by atoms with Gasteiger partial charge >= 0.3 is 6.61 Å². The number of hydrogen-bond acceptors (Lipinski definition) is 5. The van der Waals surface area contributed by atoms with E-state index in [0.717, 1.165) is 4.70 Å². The fourth-order valence-electron chi connectivity index (χ4n) is 2.39. The molecule has 0 aliphatic heterocycles. The first-order valence-electron chi connectivity index (χ1n) is 8.12. The third-order valence-electron chi connectivity index (χ3n) is 3.49. The van der Waals surface area contributed by atoms with E-state index in [-0.39, 0.29) is 11.7 Å². The van der Waals surface area contributed by atoms with Crippen molar-refractivity contribution in [2.75, 3.05) is 10.6 Å². The first-order chi connectivity index (χ1) is 13.4. The second-order valence-corrected chi connectivity index (χ2v) is 6.65. The van der Waals surface area contributed by atoms with E-state index in [0.29, 0.717) is 21.9 Å². The standard InChI is InChI=1S/C19H15F2N3O3S/c1-11(25)22-13-7-8-14-16(10-13)28-19(23-14)24-17(26)9-6-12-4-2-3-5-15(12)27-18(20)21/h2-10,18H,1H3,(H,22,25)(H,23,24,26)/b9-6+. The van der Waals surface area contributed by atoms with Gasteiger partial charge in [0.05, 0.1) is 10.2 Å². The third-order valence-corrected chi connectivity index (χ3v) is 4.42. The SMILES string of the molecule is CC(=O)Nc1ccc2nc(NC(=O)/C=C/c3ccccc3OC(F)F)sc2c1. The molecule has 2 amide bonds. The number of amides is 2. The number of halogens is 2. The van der Waals surface area contributed by atoms with Crippen molar-refractivity contribution < 1.29 is 23.1 Å². The van der Waals surface area contributed by atoms with Crippen LogP contribution in [0.15, 0.2) is 48.5 Å². The Kier molecular flexibility index (Phi) is 5.95. The van der Waals surface area contributed by atoms with E-state index in [2.05, 4.69) is 20.4 Å². The lowest BCUT2D eigenvalue weighted by molar-refractivity contribution is -0.114. The number of hydrogen-bond donors (Lipinski definition) is 2. The molecule has 0 fully saturated rings. The van der Waals surface area contributed by atoms with Crippen molar-refractivity contribution in [2.45, 2.75) is 13.5 Å². The van der Waals surface area contributed by atoms with E-state index in [1.54, 1.807) is 36.4 Å². The predicted molar refractivity (Wildman–Crippen MR) is 105 cm³/mol. The summed E-state index contributed by atoms with van der Waals surface area (Å²) in [5, 5.41) is 5.68. The Hall–Kier alpha value is -3.33. The van der Waals surface area contributed by atoms with Gasteiger partial charge in [-0.1, -0.05) is 29.5 Å². The molecule has 0 aliphatic rings. The normalized spacial score (nSPS) is 11.1. The lowest BCUT2D eigenvalue weighted by Gasteiger charge is -2.07. The van der Waals surface area contributed by atoms with Gasteiger partial charge in [-0.3, -0.25) is 14.9 Å². The van der Waals surface area contributed by atoms with Crippen LogP contribution in [0.5, 0.6) is 5.75 Å². The van der Waals surface area contributed by atoms with Crippen LogP contribution in [-0.2, 0) is 9.59 Å². The van der Waals surface area contributed by atoms with Gasteiger partial charge in [-0.2, -0.15) is 8.78 Å². The van der Waals surface area contributed by atoms with Crippen LogP contribution in [0.3, 0.4) is 0 Å². The summed E-state index contributed by atoms with van der Waals surface area (Å²) in [5.74, 6) is -0.668. The molecule has 6 nitrogen and oxygen atoms in total. The Morgan fingerprint density at radius 2 is 1.96 bits per heavy atom. The van der Waals surface area contributed by atoms with Crippen LogP contribution in [0.4, 0.5) is 19.6 Å². The van der Waals surface area contributed by atoms with Crippen molar-refractivity contribution in [3.05, 3.63) is 54.1 Å². The van der Waals surface area contributed by atoms with Gasteiger partial charge in [-0.25, -0.2) is 4.98 Å². The summed E-state index contributed by atoms with van der Waals surface area (Å²) in [5.41, 5.74) is 1.66. The summed E-state index contributed by atoms with van der Waals surface area (Å²) < 4.78 is 30.1. The van der Waals surface area contributed by atoms with Gasteiger partial charge < -0.3 is 10.1 Å². The van der Waals surface area contributed by atoms with Gasteiger partial charge in [-0.15, -0.1) is 0 Å². The Morgan fingerprint density at radius 3 is 2.71 bits per heavy atom. The number of carbonyl (C=O) groups is 2. The molecular formula is C19H15F2N3O3S. The van der Waals surface area contributed by atoms with Crippen molar-refractivity contribution in [1.29, 1.82) is 0 Å². The van der Waals surface area contributed by atoms with E-state index in [9.17, 15) is 18.4 Å². The van der Waals surface area contributed by atoms with Gasteiger partial charge in [0.2, 0.25) is 11.8 Å². The number of fused-ring (bicyclic) bond motifs is 1. The zero-order valence-corrected chi connectivity index (χ0v) is 15.4. The highest BCUT2D eigenvalue weighted by Gasteiger charge is 2.09. The predicted octanol–water partition coefficient (Wildman–Crippen LogP) is 4.51. The molecule has 9 heteroatoms. The van der Waals surface area contributed by atoms with Crippen LogP contribution in [0.2, 0.25) is 0 Å². The minimum atomic E-state index is -2.95. The second kappa shape index (κ2) is 8.57. The largest absolute Gasteiger partial charge is 0.434 e. The third kappa shape index (κ3) is 5.10. The van der Waals surface area contributed by atoms with E-state index >= 15 is 0 Å². The number of ether oxygens (including phenoxy) is 1. The summed E-state index contributed by atoms with van der Waals surface area (Å²) in [6.45, 7) is -1.53. The average Bonchev–Trinajstić information content (AvgIpc) is 3.01. The van der Waals surface area contributed by atoms with E-state index in [1.807, 2.05) is 0 Å². The number of anilines is 2. The molecule has 3 rings (SSSR count). The summed E-state index contributed by atoms with van der Waals surface area (Å²) in [6.07, 6.45) is 2.59. The quantitative estimate of drug-likeness (QED) is 0.594. The number of benzene rings is 2. The summed E-state index contributed by atoms with van der Waals surface area (Å²) >= 11 is 1.25. The molecule has 1 aromatic heterocycles. The molecule has 0 saturated heterocycles. The number of carbonyl (C=O) groups excluding carboxylic acids is 2. The Morgan fingerprint density at radius 1 is 1.18 bits per heavy atom. The van der Waals surface area contributed by atoms with E-state index in [4.69, 9.17) is 0 Å². The fourth-order valence-corrected chi connectivity index (χ4v) is 3.30. The van der Waals surface area contributed by atoms with Gasteiger partial charge in [0, 0.05) is 24.3 Å². The van der Waals surface area contributed by atoms with E-state index in [1.165, 1.54) is 36.5 Å². The van der Waals surface area contributed by atoms with Crippen molar-refractivity contribution in [3.8, 4) is 5.75 Å². The number of aromatic nitrogens is 1. The maximum atomic E-state index is 12.4. The molecule has 2 aromatic carbocycles. The van der Waals surface area contributed by atoms with Gasteiger partial charge in [-0.05, 0) is 30.3 Å². The number of nitrogens with zero attached hydrogens (tertiary/aromatic N) is 1. The fraction of sp³-hybridized carbons (Fsp3) is 0.105. The molecule has 0 radical (unpaired) electrons. The Balaban J connectivity index is 1.71. The number of alkyl halides is 2. The summed E-state index contributed by atoms with van der Waals surface area (Å²) in [4.78, 5) is 27.6. The van der Waals surface area contributed by atoms with Gasteiger partial charge in [0.1, 0.15) is 5.75 Å². The molecule has 0 bridgehead atoms. The molecule has 144 valence electrons. The molecule has 1 heterocycles. The molecule has 28 heavy (non-hydrogen) atoms. The molecule has 0 aliphatic carbocycles. The van der Waals surface area contributed by atoms with Crippen LogP contribution < -0.4 is 15.4 Å². The molecule has 3 aromatic rings. The minimum Gasteiger partial charge on any atom is -0.434 e. The number of rotatable bonds is 6. The van der Waals surface area contributed by atoms with Gasteiger partial charge in [0.15, 0.2) is 5.13 Å². The maximum Gasteiger partial charge on any atom is 0.387 e. The van der Waals surface area contributed by atoms with Crippen LogP contribution >= 0.6 is 11.3 Å². The van der Waals surface area contributed by atoms with Crippen molar-refractivity contribution >= 4 is 50.3 Å². The van der Waals surface area contributed by atoms with Crippen molar-refractivity contribution in [3.63, 3.8) is 0 Å². The van der Waals surface area contributed by atoms with Crippen molar-refractivity contribution in [1.82, 2.24) is 4.98 Å². The van der Waals surface area contributed by atoms with Crippen LogP contribution in [0.1, 0.15) is 12.5 Å². The highest BCUT2D eigenvalue weighted by Crippen LogP contribution is 2.28. The maximum absolute atomic E-state index is 12.4. The second-order valence-electron chi connectivity index (χ2n) is 5.62. The molecule has 0 unspecified atom stereocenters. The molecule has 0 atom stereocenters. The van der Waals surface area contributed by atoms with Crippen LogP contribution in [0.25, 0.3) is 16.3 Å². The monoisotopic (exact) mass is 403 g/mol.